The maximum absolute atomic E-state index is 6.23. The van der Waals surface area contributed by atoms with Crippen molar-refractivity contribution in [2.75, 3.05) is 27.9 Å². The Morgan fingerprint density at radius 2 is 1.76 bits per heavy atom. The van der Waals surface area contributed by atoms with Gasteiger partial charge in [-0.2, -0.15) is 0 Å². The molecule has 0 saturated carbocycles. The van der Waals surface area contributed by atoms with Crippen LogP contribution in [0.25, 0.3) is 0 Å². The summed E-state index contributed by atoms with van der Waals surface area (Å²) in [5.74, 6) is 1.76. The summed E-state index contributed by atoms with van der Waals surface area (Å²) in [5.41, 5.74) is 6.58. The molecule has 5 heteroatoms. The Labute approximate surface area is 107 Å². The largest absolute Gasteiger partial charge is 0.495 e. The number of hydrogen-bond acceptors (Lipinski definition) is 4. The molecule has 0 saturated heterocycles. The zero-order valence-electron chi connectivity index (χ0n) is 10.5. The molecule has 96 valence electrons. The van der Waals surface area contributed by atoms with E-state index in [0.717, 1.165) is 5.56 Å². The molecular weight excluding hydrogens is 242 g/mol. The molecule has 0 amide bonds. The van der Waals surface area contributed by atoms with Crippen LogP contribution in [0.5, 0.6) is 17.2 Å². The fourth-order valence-corrected chi connectivity index (χ4v) is 2.01. The molecule has 0 heterocycles. The van der Waals surface area contributed by atoms with Crippen LogP contribution in [-0.4, -0.2) is 27.9 Å². The molecule has 0 aliphatic carbocycles. The van der Waals surface area contributed by atoms with Gasteiger partial charge in [-0.05, 0) is 18.5 Å². The maximum atomic E-state index is 6.23. The van der Waals surface area contributed by atoms with Gasteiger partial charge in [-0.1, -0.05) is 18.5 Å². The Morgan fingerprint density at radius 3 is 2.18 bits per heavy atom. The highest BCUT2D eigenvalue weighted by atomic mass is 35.5. The molecular formula is C12H18ClNO3. The molecule has 1 aromatic carbocycles. The van der Waals surface area contributed by atoms with E-state index in [9.17, 15) is 0 Å². The molecule has 0 radical (unpaired) electrons. The molecule has 0 aromatic heterocycles. The lowest BCUT2D eigenvalue weighted by Crippen LogP contribution is -2.11. The standard InChI is InChI=1S/C12H18ClNO3/c1-7(6-14)8-5-9(15-2)12(17-4)10(13)11(8)16-3/h5,7H,6,14H2,1-4H3. The molecule has 0 aliphatic heterocycles. The van der Waals surface area contributed by atoms with Crippen molar-refractivity contribution >= 4 is 11.6 Å². The Morgan fingerprint density at radius 1 is 1.18 bits per heavy atom. The minimum atomic E-state index is 0.127. The molecule has 0 bridgehead atoms. The zero-order valence-corrected chi connectivity index (χ0v) is 11.3. The second kappa shape index (κ2) is 5.98. The van der Waals surface area contributed by atoms with Gasteiger partial charge in [-0.15, -0.1) is 0 Å². The minimum absolute atomic E-state index is 0.127. The molecule has 1 aromatic rings. The van der Waals surface area contributed by atoms with Crippen LogP contribution in [0.1, 0.15) is 18.4 Å². The van der Waals surface area contributed by atoms with Crippen molar-refractivity contribution in [2.24, 2.45) is 5.73 Å². The number of nitrogens with two attached hydrogens (primary N) is 1. The predicted octanol–water partition coefficient (Wildman–Crippen LogP) is 2.43. The van der Waals surface area contributed by atoms with E-state index in [1.54, 1.807) is 14.2 Å². The Balaban J connectivity index is 3.45. The van der Waals surface area contributed by atoms with Crippen molar-refractivity contribution in [3.8, 4) is 17.2 Å². The normalized spacial score (nSPS) is 12.1. The number of ether oxygens (including phenoxy) is 3. The van der Waals surface area contributed by atoms with E-state index < -0.39 is 0 Å². The Kier molecular flexibility index (Phi) is 4.90. The smallest absolute Gasteiger partial charge is 0.183 e. The van der Waals surface area contributed by atoms with Gasteiger partial charge in [0.25, 0.3) is 0 Å². The van der Waals surface area contributed by atoms with Crippen molar-refractivity contribution in [1.82, 2.24) is 0 Å². The third kappa shape index (κ3) is 2.58. The van der Waals surface area contributed by atoms with Crippen molar-refractivity contribution in [3.05, 3.63) is 16.7 Å². The third-order valence-electron chi connectivity index (χ3n) is 2.68. The second-order valence-corrected chi connectivity index (χ2v) is 4.06. The van der Waals surface area contributed by atoms with Crippen molar-refractivity contribution < 1.29 is 14.2 Å². The highest BCUT2D eigenvalue weighted by Gasteiger charge is 2.21. The van der Waals surface area contributed by atoms with Crippen molar-refractivity contribution in [3.63, 3.8) is 0 Å². The van der Waals surface area contributed by atoms with Crippen molar-refractivity contribution in [1.29, 1.82) is 0 Å². The SMILES string of the molecule is COc1cc(C(C)CN)c(OC)c(Cl)c1OC. The number of benzene rings is 1. The molecule has 0 aliphatic rings. The summed E-state index contributed by atoms with van der Waals surface area (Å²) in [6, 6.07) is 1.85. The van der Waals surface area contributed by atoms with Crippen LogP contribution in [0.3, 0.4) is 0 Å². The van der Waals surface area contributed by atoms with Gasteiger partial charge in [0.1, 0.15) is 10.8 Å². The highest BCUT2D eigenvalue weighted by Crippen LogP contribution is 2.45. The number of halogens is 1. The molecule has 0 spiro atoms. The topological polar surface area (TPSA) is 53.7 Å². The molecule has 1 atom stereocenters. The van der Waals surface area contributed by atoms with E-state index >= 15 is 0 Å². The first-order valence-corrected chi connectivity index (χ1v) is 5.66. The number of methoxy groups -OCH3 is 3. The molecule has 4 nitrogen and oxygen atoms in total. The molecule has 0 fully saturated rings. The fraction of sp³-hybridized carbons (Fsp3) is 0.500. The number of hydrogen-bond donors (Lipinski definition) is 1. The first kappa shape index (κ1) is 13.9. The summed E-state index contributed by atoms with van der Waals surface area (Å²) in [4.78, 5) is 0. The lowest BCUT2D eigenvalue weighted by Gasteiger charge is -2.19. The summed E-state index contributed by atoms with van der Waals surface area (Å²) >= 11 is 6.23. The summed E-state index contributed by atoms with van der Waals surface area (Å²) in [5, 5.41) is 0.407. The van der Waals surface area contributed by atoms with Crippen LogP contribution in [-0.2, 0) is 0 Å². The quantitative estimate of drug-likeness (QED) is 0.882. The van der Waals surface area contributed by atoms with Crippen LogP contribution < -0.4 is 19.9 Å². The predicted molar refractivity (Wildman–Crippen MR) is 68.6 cm³/mol. The van der Waals surface area contributed by atoms with E-state index in [1.807, 2.05) is 13.0 Å². The average molecular weight is 260 g/mol. The van der Waals surface area contributed by atoms with Gasteiger partial charge in [-0.25, -0.2) is 0 Å². The van der Waals surface area contributed by atoms with E-state index in [4.69, 9.17) is 31.5 Å². The van der Waals surface area contributed by atoms with E-state index in [-0.39, 0.29) is 5.92 Å². The molecule has 1 unspecified atom stereocenters. The van der Waals surface area contributed by atoms with Crippen LogP contribution in [0.15, 0.2) is 6.07 Å². The van der Waals surface area contributed by atoms with Crippen LogP contribution in [0.4, 0.5) is 0 Å². The van der Waals surface area contributed by atoms with Gasteiger partial charge in [-0.3, -0.25) is 0 Å². The van der Waals surface area contributed by atoms with Gasteiger partial charge >= 0.3 is 0 Å². The van der Waals surface area contributed by atoms with Gasteiger partial charge in [0.2, 0.25) is 0 Å². The van der Waals surface area contributed by atoms with Gasteiger partial charge in [0.15, 0.2) is 11.5 Å². The number of rotatable bonds is 5. The lowest BCUT2D eigenvalue weighted by molar-refractivity contribution is 0.347. The summed E-state index contributed by atoms with van der Waals surface area (Å²) in [7, 11) is 4.67. The van der Waals surface area contributed by atoms with Gasteiger partial charge in [0, 0.05) is 5.56 Å². The Hall–Kier alpha value is -1.13. The first-order chi connectivity index (χ1) is 8.10. The molecule has 2 N–H and O–H groups in total. The third-order valence-corrected chi connectivity index (χ3v) is 3.03. The first-order valence-electron chi connectivity index (χ1n) is 5.29. The van der Waals surface area contributed by atoms with Crippen molar-refractivity contribution in [2.45, 2.75) is 12.8 Å². The van der Waals surface area contributed by atoms with Crippen LogP contribution in [0, 0.1) is 0 Å². The van der Waals surface area contributed by atoms with Crippen LogP contribution >= 0.6 is 11.6 Å². The van der Waals surface area contributed by atoms with Crippen LogP contribution in [0.2, 0.25) is 5.02 Å². The highest BCUT2D eigenvalue weighted by molar-refractivity contribution is 6.34. The lowest BCUT2D eigenvalue weighted by atomic mass is 9.99. The Bertz CT molecular complexity index is 396. The summed E-state index contributed by atoms with van der Waals surface area (Å²) in [6.07, 6.45) is 0. The van der Waals surface area contributed by atoms with Gasteiger partial charge < -0.3 is 19.9 Å². The zero-order chi connectivity index (χ0) is 13.0. The van der Waals surface area contributed by atoms with E-state index in [1.165, 1.54) is 7.11 Å². The monoisotopic (exact) mass is 259 g/mol. The molecule has 1 rings (SSSR count). The fourth-order valence-electron chi connectivity index (χ4n) is 1.65. The minimum Gasteiger partial charge on any atom is -0.495 e. The average Bonchev–Trinajstić information content (AvgIpc) is 2.36. The van der Waals surface area contributed by atoms with E-state index in [0.29, 0.717) is 28.8 Å². The molecule has 17 heavy (non-hydrogen) atoms. The maximum Gasteiger partial charge on any atom is 0.183 e. The summed E-state index contributed by atoms with van der Waals surface area (Å²) in [6.45, 7) is 2.50. The second-order valence-electron chi connectivity index (χ2n) is 3.69. The van der Waals surface area contributed by atoms with Gasteiger partial charge in [0.05, 0.1) is 21.3 Å². The summed E-state index contributed by atoms with van der Waals surface area (Å²) < 4.78 is 15.8. The van der Waals surface area contributed by atoms with E-state index in [2.05, 4.69) is 0 Å².